The van der Waals surface area contributed by atoms with Gasteiger partial charge in [0.1, 0.15) is 17.5 Å². The molecule has 0 aliphatic heterocycles. The van der Waals surface area contributed by atoms with Crippen LogP contribution in [0.25, 0.3) is 0 Å². The molecule has 0 aliphatic carbocycles. The van der Waals surface area contributed by atoms with Crippen molar-refractivity contribution >= 4 is 0 Å². The van der Waals surface area contributed by atoms with Crippen LogP contribution in [0.3, 0.4) is 0 Å². The van der Waals surface area contributed by atoms with Gasteiger partial charge in [0.05, 0.1) is 0 Å². The summed E-state index contributed by atoms with van der Waals surface area (Å²) in [6.45, 7) is 20.4. The highest BCUT2D eigenvalue weighted by Crippen LogP contribution is 2.36. The normalized spacial score (nSPS) is 15.2. The maximum absolute atomic E-state index is 5.07. The quantitative estimate of drug-likeness (QED) is 0.485. The molecule has 3 nitrogen and oxygen atoms in total. The van der Waals surface area contributed by atoms with E-state index in [9.17, 15) is 0 Å². The zero-order chi connectivity index (χ0) is 19.3. The minimum Gasteiger partial charge on any atom is -0.217 e. The molecule has 1 aromatic heterocycles. The third-order valence-electron chi connectivity index (χ3n) is 6.96. The Morgan fingerprint density at radius 2 is 0.800 bits per heavy atom. The lowest BCUT2D eigenvalue weighted by Crippen LogP contribution is -2.34. The molecule has 1 unspecified atom stereocenters. The number of rotatable bonds is 10. The molecule has 0 fully saturated rings. The van der Waals surface area contributed by atoms with Crippen LogP contribution in [0.4, 0.5) is 0 Å². The Labute approximate surface area is 156 Å². The van der Waals surface area contributed by atoms with Crippen molar-refractivity contribution in [3.05, 3.63) is 17.5 Å². The summed E-state index contributed by atoms with van der Waals surface area (Å²) in [5, 5.41) is 0. The molecule has 1 atom stereocenters. The van der Waals surface area contributed by atoms with E-state index in [1.54, 1.807) is 0 Å². The van der Waals surface area contributed by atoms with Gasteiger partial charge in [-0.25, -0.2) is 15.0 Å². The van der Waals surface area contributed by atoms with Crippen molar-refractivity contribution in [1.29, 1.82) is 0 Å². The molecule has 3 heteroatoms. The monoisotopic (exact) mass is 347 g/mol. The van der Waals surface area contributed by atoms with Gasteiger partial charge < -0.3 is 0 Å². The Bertz CT molecular complexity index is 508. The Morgan fingerprint density at radius 3 is 1.04 bits per heavy atom. The van der Waals surface area contributed by atoms with E-state index < -0.39 is 0 Å². The number of nitrogens with zero attached hydrogens (tertiary/aromatic N) is 3. The van der Waals surface area contributed by atoms with Crippen LogP contribution >= 0.6 is 0 Å². The fourth-order valence-corrected chi connectivity index (χ4v) is 3.32. The summed E-state index contributed by atoms with van der Waals surface area (Å²) in [4.78, 5) is 15.2. The van der Waals surface area contributed by atoms with Gasteiger partial charge in [0.15, 0.2) is 0 Å². The van der Waals surface area contributed by atoms with E-state index in [0.29, 0.717) is 0 Å². The molecule has 0 bridgehead atoms. The van der Waals surface area contributed by atoms with E-state index in [-0.39, 0.29) is 16.2 Å². The van der Waals surface area contributed by atoms with Gasteiger partial charge in [0.25, 0.3) is 0 Å². The minimum absolute atomic E-state index is 0.0235. The SMILES string of the molecule is CCCC(C)(CC)c1nc(C(C)(CC)CC)nc(C(C)(CC)CC)n1. The molecule has 0 aliphatic rings. The molecule has 0 amide bonds. The number of hydrogen-bond acceptors (Lipinski definition) is 3. The second-order valence-corrected chi connectivity index (χ2v) is 8.51. The standard InChI is InChI=1S/C22H41N3/c1-10-16-22(9,15-6)19-24-17(20(7,11-2)12-3)23-18(25-19)21(8,13-4)14-5/h10-16H2,1-9H3. The lowest BCUT2D eigenvalue weighted by Gasteiger charge is -2.33. The van der Waals surface area contributed by atoms with Crippen molar-refractivity contribution in [2.24, 2.45) is 0 Å². The lowest BCUT2D eigenvalue weighted by molar-refractivity contribution is 0.343. The summed E-state index contributed by atoms with van der Waals surface area (Å²) in [5.41, 5.74) is 0.0807. The Balaban J connectivity index is 3.68. The first-order valence-corrected chi connectivity index (χ1v) is 10.5. The van der Waals surface area contributed by atoms with E-state index in [1.165, 1.54) is 0 Å². The summed E-state index contributed by atoms with van der Waals surface area (Å²) < 4.78 is 0. The summed E-state index contributed by atoms with van der Waals surface area (Å²) in [6.07, 6.45) is 7.55. The molecule has 1 aromatic rings. The second-order valence-electron chi connectivity index (χ2n) is 8.51. The third-order valence-corrected chi connectivity index (χ3v) is 6.96. The maximum Gasteiger partial charge on any atom is 0.138 e. The van der Waals surface area contributed by atoms with Crippen LogP contribution in [0.2, 0.25) is 0 Å². The Kier molecular flexibility index (Phi) is 7.58. The Morgan fingerprint density at radius 1 is 0.520 bits per heavy atom. The smallest absolute Gasteiger partial charge is 0.138 e. The predicted octanol–water partition coefficient (Wildman–Crippen LogP) is 6.49. The highest BCUT2D eigenvalue weighted by atomic mass is 15.1. The van der Waals surface area contributed by atoms with Crippen LogP contribution in [-0.2, 0) is 16.2 Å². The first kappa shape index (κ1) is 22.1. The molecule has 0 aromatic carbocycles. The van der Waals surface area contributed by atoms with Gasteiger partial charge in [-0.3, -0.25) is 0 Å². The van der Waals surface area contributed by atoms with Gasteiger partial charge in [-0.05, 0) is 38.5 Å². The van der Waals surface area contributed by atoms with Gasteiger partial charge in [0, 0.05) is 16.2 Å². The summed E-state index contributed by atoms with van der Waals surface area (Å²) in [5.74, 6) is 3.01. The van der Waals surface area contributed by atoms with Gasteiger partial charge in [-0.1, -0.05) is 68.7 Å². The van der Waals surface area contributed by atoms with Crippen molar-refractivity contribution in [2.45, 2.75) is 124 Å². The summed E-state index contributed by atoms with van der Waals surface area (Å²) in [7, 11) is 0. The Hall–Kier alpha value is -0.990. The molecular weight excluding hydrogens is 306 g/mol. The van der Waals surface area contributed by atoms with Gasteiger partial charge in [-0.15, -0.1) is 0 Å². The zero-order valence-corrected chi connectivity index (χ0v) is 18.3. The highest BCUT2D eigenvalue weighted by Gasteiger charge is 2.35. The maximum atomic E-state index is 5.07. The molecule has 0 radical (unpaired) electrons. The van der Waals surface area contributed by atoms with E-state index in [4.69, 9.17) is 15.0 Å². The third kappa shape index (κ3) is 4.41. The van der Waals surface area contributed by atoms with Crippen LogP contribution in [0.1, 0.15) is 125 Å². The first-order chi connectivity index (χ1) is 11.7. The molecule has 25 heavy (non-hydrogen) atoms. The average Bonchev–Trinajstić information content (AvgIpc) is 2.66. The lowest BCUT2D eigenvalue weighted by atomic mass is 9.79. The largest absolute Gasteiger partial charge is 0.217 e. The molecule has 0 saturated heterocycles. The molecule has 0 saturated carbocycles. The molecule has 0 N–H and O–H groups in total. The van der Waals surface area contributed by atoms with Gasteiger partial charge in [0.2, 0.25) is 0 Å². The van der Waals surface area contributed by atoms with Crippen LogP contribution in [0.5, 0.6) is 0 Å². The molecule has 1 heterocycles. The highest BCUT2D eigenvalue weighted by molar-refractivity contribution is 5.18. The van der Waals surface area contributed by atoms with Crippen molar-refractivity contribution in [3.8, 4) is 0 Å². The van der Waals surface area contributed by atoms with Gasteiger partial charge in [-0.2, -0.15) is 0 Å². The van der Waals surface area contributed by atoms with E-state index >= 15 is 0 Å². The van der Waals surface area contributed by atoms with Crippen LogP contribution < -0.4 is 0 Å². The molecule has 0 spiro atoms. The zero-order valence-electron chi connectivity index (χ0n) is 18.3. The van der Waals surface area contributed by atoms with Crippen molar-refractivity contribution in [1.82, 2.24) is 15.0 Å². The second kappa shape index (κ2) is 8.60. The summed E-state index contributed by atoms with van der Waals surface area (Å²) in [6, 6.07) is 0. The average molecular weight is 348 g/mol. The van der Waals surface area contributed by atoms with Crippen LogP contribution in [0.15, 0.2) is 0 Å². The van der Waals surface area contributed by atoms with E-state index in [1.807, 2.05) is 0 Å². The van der Waals surface area contributed by atoms with E-state index in [2.05, 4.69) is 62.3 Å². The van der Waals surface area contributed by atoms with Crippen LogP contribution in [-0.4, -0.2) is 15.0 Å². The molecule has 144 valence electrons. The molecule has 1 rings (SSSR count). The fourth-order valence-electron chi connectivity index (χ4n) is 3.32. The minimum atomic E-state index is 0.0235. The van der Waals surface area contributed by atoms with Crippen molar-refractivity contribution in [2.75, 3.05) is 0 Å². The van der Waals surface area contributed by atoms with Crippen LogP contribution in [0, 0.1) is 0 Å². The fraction of sp³-hybridized carbons (Fsp3) is 0.864. The first-order valence-electron chi connectivity index (χ1n) is 10.5. The molecular formula is C22H41N3. The van der Waals surface area contributed by atoms with Gasteiger partial charge >= 0.3 is 0 Å². The topological polar surface area (TPSA) is 38.7 Å². The number of aromatic nitrogens is 3. The number of hydrogen-bond donors (Lipinski definition) is 0. The van der Waals surface area contributed by atoms with Crippen molar-refractivity contribution in [3.63, 3.8) is 0 Å². The summed E-state index contributed by atoms with van der Waals surface area (Å²) >= 11 is 0. The van der Waals surface area contributed by atoms with E-state index in [0.717, 1.165) is 62.4 Å². The van der Waals surface area contributed by atoms with Crippen molar-refractivity contribution < 1.29 is 0 Å². The predicted molar refractivity (Wildman–Crippen MR) is 108 cm³/mol.